The van der Waals surface area contributed by atoms with Crippen molar-refractivity contribution in [3.05, 3.63) is 40.2 Å². The second-order valence-electron chi connectivity index (χ2n) is 4.40. The second kappa shape index (κ2) is 4.46. The van der Waals surface area contributed by atoms with E-state index in [9.17, 15) is 8.78 Å². The Balaban J connectivity index is 2.42. The zero-order valence-electron chi connectivity index (χ0n) is 9.87. The van der Waals surface area contributed by atoms with Gasteiger partial charge in [0.15, 0.2) is 11.6 Å². The predicted molar refractivity (Wildman–Crippen MR) is 66.1 cm³/mol. The van der Waals surface area contributed by atoms with E-state index in [2.05, 4.69) is 11.1 Å². The Bertz CT molecular complexity index is 626. The normalized spacial score (nSPS) is 11.3. The summed E-state index contributed by atoms with van der Waals surface area (Å²) in [5, 5.41) is 11.4. The molecule has 2 rings (SSSR count). The number of nitrogens with zero attached hydrogens (tertiary/aromatic N) is 2. The molecule has 0 aliphatic rings. The molecular formula is C13H10F2N2S. The maximum Gasteiger partial charge on any atom is 0.159 e. The van der Waals surface area contributed by atoms with Crippen LogP contribution in [-0.2, 0) is 5.41 Å². The zero-order chi connectivity index (χ0) is 13.3. The Kier molecular flexibility index (Phi) is 3.14. The number of halogens is 2. The summed E-state index contributed by atoms with van der Waals surface area (Å²) >= 11 is 1.34. The number of hydrogen-bond donors (Lipinski definition) is 0. The number of thiazole rings is 1. The molecule has 0 radical (unpaired) electrons. The van der Waals surface area contributed by atoms with Crippen LogP contribution in [0.5, 0.6) is 0 Å². The van der Waals surface area contributed by atoms with E-state index in [4.69, 9.17) is 5.26 Å². The predicted octanol–water partition coefficient (Wildman–Crippen LogP) is 3.89. The smallest absolute Gasteiger partial charge is 0.159 e. The van der Waals surface area contributed by atoms with Gasteiger partial charge in [0.25, 0.3) is 0 Å². The molecule has 0 aliphatic heterocycles. The van der Waals surface area contributed by atoms with E-state index in [-0.39, 0.29) is 0 Å². The van der Waals surface area contributed by atoms with E-state index in [1.165, 1.54) is 17.4 Å². The highest BCUT2D eigenvalue weighted by molar-refractivity contribution is 7.10. The van der Waals surface area contributed by atoms with Gasteiger partial charge in [0, 0.05) is 10.9 Å². The first-order valence-corrected chi connectivity index (χ1v) is 6.14. The van der Waals surface area contributed by atoms with Gasteiger partial charge < -0.3 is 0 Å². The first-order valence-electron chi connectivity index (χ1n) is 5.27. The molecule has 0 bridgehead atoms. The van der Waals surface area contributed by atoms with E-state index in [1.807, 2.05) is 0 Å². The molecule has 1 aromatic carbocycles. The van der Waals surface area contributed by atoms with Gasteiger partial charge in [-0.3, -0.25) is 0 Å². The molecule has 1 aromatic heterocycles. The van der Waals surface area contributed by atoms with Gasteiger partial charge in [-0.25, -0.2) is 13.8 Å². The molecule has 0 spiro atoms. The fourth-order valence-electron chi connectivity index (χ4n) is 1.40. The van der Waals surface area contributed by atoms with Crippen molar-refractivity contribution in [2.45, 2.75) is 19.3 Å². The van der Waals surface area contributed by atoms with Gasteiger partial charge in [-0.05, 0) is 32.0 Å². The quantitative estimate of drug-likeness (QED) is 0.825. The minimum absolute atomic E-state index is 0.505. The average molecular weight is 264 g/mol. The van der Waals surface area contributed by atoms with Gasteiger partial charge in [0.1, 0.15) is 10.4 Å². The maximum atomic E-state index is 13.1. The van der Waals surface area contributed by atoms with Crippen molar-refractivity contribution in [3.63, 3.8) is 0 Å². The molecule has 2 aromatic rings. The molecule has 5 heteroatoms. The zero-order valence-corrected chi connectivity index (χ0v) is 10.7. The largest absolute Gasteiger partial charge is 0.240 e. The van der Waals surface area contributed by atoms with Gasteiger partial charge >= 0.3 is 0 Å². The molecule has 0 fully saturated rings. The molecule has 0 atom stereocenters. The van der Waals surface area contributed by atoms with E-state index >= 15 is 0 Å². The number of nitriles is 1. The van der Waals surface area contributed by atoms with Crippen LogP contribution in [0.4, 0.5) is 8.78 Å². The van der Waals surface area contributed by atoms with Gasteiger partial charge in [0.05, 0.1) is 11.8 Å². The summed E-state index contributed by atoms with van der Waals surface area (Å²) in [5.41, 5.74) is 0.379. The molecule has 0 saturated carbocycles. The van der Waals surface area contributed by atoms with Gasteiger partial charge in [-0.1, -0.05) is 0 Å². The minimum atomic E-state index is -0.901. The van der Waals surface area contributed by atoms with Crippen LogP contribution in [0.2, 0.25) is 0 Å². The van der Waals surface area contributed by atoms with Crippen molar-refractivity contribution >= 4 is 11.3 Å². The second-order valence-corrected chi connectivity index (χ2v) is 5.26. The summed E-state index contributed by atoms with van der Waals surface area (Å²) in [6.07, 6.45) is 0. The monoisotopic (exact) mass is 264 g/mol. The Hall–Kier alpha value is -1.80. The Labute approximate surface area is 108 Å². The molecule has 1 heterocycles. The number of hydrogen-bond acceptors (Lipinski definition) is 3. The average Bonchev–Trinajstić information content (AvgIpc) is 2.83. The minimum Gasteiger partial charge on any atom is -0.240 e. The van der Waals surface area contributed by atoms with E-state index in [0.29, 0.717) is 16.3 Å². The SMILES string of the molecule is CC(C)(C#N)c1nc(-c2ccc(F)c(F)c2)cs1. The molecular weight excluding hydrogens is 254 g/mol. The number of aromatic nitrogens is 1. The van der Waals surface area contributed by atoms with Crippen molar-refractivity contribution in [3.8, 4) is 17.3 Å². The maximum absolute atomic E-state index is 13.1. The fourth-order valence-corrected chi connectivity index (χ4v) is 2.30. The third-order valence-electron chi connectivity index (χ3n) is 2.53. The van der Waals surface area contributed by atoms with Crippen molar-refractivity contribution in [1.29, 1.82) is 5.26 Å². The molecule has 18 heavy (non-hydrogen) atoms. The van der Waals surface area contributed by atoms with Crippen molar-refractivity contribution in [1.82, 2.24) is 4.98 Å². The van der Waals surface area contributed by atoms with Crippen molar-refractivity contribution in [2.75, 3.05) is 0 Å². The van der Waals surface area contributed by atoms with Crippen LogP contribution in [0.3, 0.4) is 0 Å². The standard InChI is InChI=1S/C13H10F2N2S/c1-13(2,7-16)12-17-11(6-18-12)8-3-4-9(14)10(15)5-8/h3-6H,1-2H3. The van der Waals surface area contributed by atoms with Crippen LogP contribution < -0.4 is 0 Å². The summed E-state index contributed by atoms with van der Waals surface area (Å²) in [4.78, 5) is 4.30. The topological polar surface area (TPSA) is 36.7 Å². The van der Waals surface area contributed by atoms with E-state index in [1.54, 1.807) is 19.2 Å². The highest BCUT2D eigenvalue weighted by Gasteiger charge is 2.24. The summed E-state index contributed by atoms with van der Waals surface area (Å²) in [7, 11) is 0. The lowest BCUT2D eigenvalue weighted by molar-refractivity contribution is 0.509. The highest BCUT2D eigenvalue weighted by atomic mass is 32.1. The molecule has 0 amide bonds. The van der Waals surface area contributed by atoms with Gasteiger partial charge in [-0.2, -0.15) is 5.26 Å². The van der Waals surface area contributed by atoms with Crippen LogP contribution in [0.1, 0.15) is 18.9 Å². The first kappa shape index (κ1) is 12.7. The third-order valence-corrected chi connectivity index (χ3v) is 3.70. The van der Waals surface area contributed by atoms with Crippen LogP contribution in [0.15, 0.2) is 23.6 Å². The van der Waals surface area contributed by atoms with E-state index in [0.717, 1.165) is 12.1 Å². The molecule has 0 unspecified atom stereocenters. The summed E-state index contributed by atoms with van der Waals surface area (Å²) < 4.78 is 25.9. The summed E-state index contributed by atoms with van der Waals surface area (Å²) in [6.45, 7) is 3.53. The van der Waals surface area contributed by atoms with Crippen LogP contribution in [0, 0.1) is 23.0 Å². The van der Waals surface area contributed by atoms with Crippen molar-refractivity contribution in [2.24, 2.45) is 0 Å². The Morgan fingerprint density at radius 1 is 1.28 bits per heavy atom. The highest BCUT2D eigenvalue weighted by Crippen LogP contribution is 2.30. The van der Waals surface area contributed by atoms with E-state index < -0.39 is 17.0 Å². The summed E-state index contributed by atoms with van der Waals surface area (Å²) in [5.74, 6) is -1.78. The lowest BCUT2D eigenvalue weighted by Crippen LogP contribution is -2.13. The molecule has 92 valence electrons. The van der Waals surface area contributed by atoms with Gasteiger partial charge in [0.2, 0.25) is 0 Å². The number of benzene rings is 1. The first-order chi connectivity index (χ1) is 8.44. The lowest BCUT2D eigenvalue weighted by Gasteiger charge is -2.09. The molecule has 2 nitrogen and oxygen atoms in total. The molecule has 0 N–H and O–H groups in total. The lowest BCUT2D eigenvalue weighted by atomic mass is 9.97. The van der Waals surface area contributed by atoms with Crippen LogP contribution >= 0.6 is 11.3 Å². The molecule has 0 aliphatic carbocycles. The Morgan fingerprint density at radius 2 is 2.00 bits per heavy atom. The van der Waals surface area contributed by atoms with Gasteiger partial charge in [-0.15, -0.1) is 11.3 Å². The number of rotatable bonds is 2. The fraction of sp³-hybridized carbons (Fsp3) is 0.231. The Morgan fingerprint density at radius 3 is 2.61 bits per heavy atom. The summed E-state index contributed by atoms with van der Waals surface area (Å²) in [6, 6.07) is 5.80. The third kappa shape index (κ3) is 2.24. The van der Waals surface area contributed by atoms with Crippen molar-refractivity contribution < 1.29 is 8.78 Å². The molecule has 0 saturated heterocycles. The van der Waals surface area contributed by atoms with Crippen LogP contribution in [0.25, 0.3) is 11.3 Å². The van der Waals surface area contributed by atoms with Crippen LogP contribution in [-0.4, -0.2) is 4.98 Å².